The van der Waals surface area contributed by atoms with Crippen LogP contribution in [0.4, 0.5) is 0 Å². The summed E-state index contributed by atoms with van der Waals surface area (Å²) < 4.78 is 7.11. The third-order valence-corrected chi connectivity index (χ3v) is 3.66. The molecule has 0 aliphatic carbocycles. The number of halogens is 1. The number of ether oxygens (including phenoxy) is 1. The van der Waals surface area contributed by atoms with Crippen molar-refractivity contribution in [3.63, 3.8) is 0 Å². The van der Waals surface area contributed by atoms with Crippen LogP contribution >= 0.6 is 15.9 Å². The van der Waals surface area contributed by atoms with E-state index in [1.165, 1.54) is 11.1 Å². The van der Waals surface area contributed by atoms with Crippen molar-refractivity contribution in [2.45, 2.75) is 20.4 Å². The van der Waals surface area contributed by atoms with Crippen LogP contribution < -0.4 is 10.1 Å². The van der Waals surface area contributed by atoms with Crippen molar-refractivity contribution in [1.29, 1.82) is 0 Å². The number of nitrogens with one attached hydrogen (secondary N) is 1. The summed E-state index contributed by atoms with van der Waals surface area (Å²) in [6.45, 7) is 4.96. The number of benzene rings is 2. The lowest BCUT2D eigenvalue weighted by Gasteiger charge is -2.14. The Morgan fingerprint density at radius 2 is 1.89 bits per heavy atom. The van der Waals surface area contributed by atoms with Gasteiger partial charge in [-0.2, -0.15) is 0 Å². The summed E-state index contributed by atoms with van der Waals surface area (Å²) in [7, 11) is 1.93. The maximum absolute atomic E-state index is 6.08. The highest BCUT2D eigenvalue weighted by atomic mass is 79.9. The van der Waals surface area contributed by atoms with Crippen molar-refractivity contribution < 1.29 is 4.74 Å². The first-order valence-electron chi connectivity index (χ1n) is 6.29. The van der Waals surface area contributed by atoms with Gasteiger partial charge in [0.1, 0.15) is 11.5 Å². The standard InChI is InChI=1S/C16H18BrNO/c1-11-5-4-6-15(12(11)2)19-16-9-14(17)8-7-13(16)10-18-3/h4-9,18H,10H2,1-3H3. The Hall–Kier alpha value is -1.32. The molecule has 0 spiro atoms. The fraction of sp³-hybridized carbons (Fsp3) is 0.250. The lowest BCUT2D eigenvalue weighted by Crippen LogP contribution is -2.06. The van der Waals surface area contributed by atoms with Crippen LogP contribution in [0.15, 0.2) is 40.9 Å². The third-order valence-electron chi connectivity index (χ3n) is 3.17. The van der Waals surface area contributed by atoms with E-state index in [0.717, 1.165) is 28.1 Å². The average molecular weight is 320 g/mol. The molecule has 100 valence electrons. The van der Waals surface area contributed by atoms with Crippen LogP contribution in [0.3, 0.4) is 0 Å². The zero-order valence-electron chi connectivity index (χ0n) is 11.5. The Labute approximate surface area is 122 Å². The maximum Gasteiger partial charge on any atom is 0.133 e. The van der Waals surface area contributed by atoms with Crippen molar-refractivity contribution in [2.24, 2.45) is 0 Å². The predicted molar refractivity (Wildman–Crippen MR) is 82.9 cm³/mol. The normalized spacial score (nSPS) is 10.5. The van der Waals surface area contributed by atoms with Crippen LogP contribution in [0.2, 0.25) is 0 Å². The average Bonchev–Trinajstić information content (AvgIpc) is 2.38. The summed E-state index contributed by atoms with van der Waals surface area (Å²) >= 11 is 3.49. The molecule has 0 aliphatic heterocycles. The molecule has 2 rings (SSSR count). The van der Waals surface area contributed by atoms with Gasteiger partial charge >= 0.3 is 0 Å². The fourth-order valence-corrected chi connectivity index (χ4v) is 2.25. The summed E-state index contributed by atoms with van der Waals surface area (Å²) in [5.41, 5.74) is 3.56. The van der Waals surface area contributed by atoms with E-state index in [1.54, 1.807) is 0 Å². The van der Waals surface area contributed by atoms with E-state index in [9.17, 15) is 0 Å². The van der Waals surface area contributed by atoms with Gasteiger partial charge in [0.15, 0.2) is 0 Å². The minimum absolute atomic E-state index is 0.785. The second-order valence-electron chi connectivity index (χ2n) is 4.58. The van der Waals surface area contributed by atoms with Crippen molar-refractivity contribution in [1.82, 2.24) is 5.32 Å². The second kappa shape index (κ2) is 6.22. The molecule has 0 unspecified atom stereocenters. The van der Waals surface area contributed by atoms with Crippen LogP contribution in [0, 0.1) is 13.8 Å². The van der Waals surface area contributed by atoms with Gasteiger partial charge in [0.25, 0.3) is 0 Å². The summed E-state index contributed by atoms with van der Waals surface area (Å²) in [6, 6.07) is 12.2. The zero-order valence-corrected chi connectivity index (χ0v) is 13.0. The van der Waals surface area contributed by atoms with Crippen LogP contribution in [-0.2, 0) is 6.54 Å². The van der Waals surface area contributed by atoms with E-state index >= 15 is 0 Å². The molecule has 2 nitrogen and oxygen atoms in total. The van der Waals surface area contributed by atoms with Crippen LogP contribution in [-0.4, -0.2) is 7.05 Å². The monoisotopic (exact) mass is 319 g/mol. The molecule has 0 fully saturated rings. The first-order valence-corrected chi connectivity index (χ1v) is 7.08. The van der Waals surface area contributed by atoms with Crippen molar-refractivity contribution in [2.75, 3.05) is 7.05 Å². The number of rotatable bonds is 4. The highest BCUT2D eigenvalue weighted by Crippen LogP contribution is 2.31. The Morgan fingerprint density at radius 1 is 1.11 bits per heavy atom. The Bertz CT molecular complexity index is 581. The molecule has 0 bridgehead atoms. The fourth-order valence-electron chi connectivity index (χ4n) is 1.91. The Morgan fingerprint density at radius 3 is 2.63 bits per heavy atom. The van der Waals surface area contributed by atoms with Crippen LogP contribution in [0.1, 0.15) is 16.7 Å². The second-order valence-corrected chi connectivity index (χ2v) is 5.50. The molecule has 0 amide bonds. The summed E-state index contributed by atoms with van der Waals surface area (Å²) in [6.07, 6.45) is 0. The third kappa shape index (κ3) is 3.37. The molecule has 0 saturated heterocycles. The van der Waals surface area contributed by atoms with Gasteiger partial charge in [-0.25, -0.2) is 0 Å². The molecule has 19 heavy (non-hydrogen) atoms. The smallest absolute Gasteiger partial charge is 0.133 e. The molecule has 0 heterocycles. The van der Waals surface area contributed by atoms with E-state index in [4.69, 9.17) is 4.74 Å². The maximum atomic E-state index is 6.08. The van der Waals surface area contributed by atoms with E-state index < -0.39 is 0 Å². The highest BCUT2D eigenvalue weighted by molar-refractivity contribution is 9.10. The molecular formula is C16H18BrNO. The van der Waals surface area contributed by atoms with Crippen molar-refractivity contribution in [3.8, 4) is 11.5 Å². The zero-order chi connectivity index (χ0) is 13.8. The first-order chi connectivity index (χ1) is 9.11. The van der Waals surface area contributed by atoms with Gasteiger partial charge in [0.2, 0.25) is 0 Å². The molecule has 2 aromatic rings. The summed E-state index contributed by atoms with van der Waals surface area (Å²) in [5, 5.41) is 3.16. The van der Waals surface area contributed by atoms with E-state index in [1.807, 2.05) is 31.3 Å². The van der Waals surface area contributed by atoms with Gasteiger partial charge in [0, 0.05) is 16.6 Å². The van der Waals surface area contributed by atoms with Crippen molar-refractivity contribution >= 4 is 15.9 Å². The first kappa shape index (κ1) is 14.1. The molecule has 0 atom stereocenters. The number of aryl methyl sites for hydroxylation is 1. The topological polar surface area (TPSA) is 21.3 Å². The SMILES string of the molecule is CNCc1ccc(Br)cc1Oc1cccc(C)c1C. The summed E-state index contributed by atoms with van der Waals surface area (Å²) in [5.74, 6) is 1.80. The lowest BCUT2D eigenvalue weighted by atomic mass is 10.1. The summed E-state index contributed by atoms with van der Waals surface area (Å²) in [4.78, 5) is 0. The van der Waals surface area contributed by atoms with E-state index in [0.29, 0.717) is 0 Å². The predicted octanol–water partition coefficient (Wildman–Crippen LogP) is 4.58. The molecule has 0 saturated carbocycles. The van der Waals surface area contributed by atoms with E-state index in [-0.39, 0.29) is 0 Å². The molecule has 0 radical (unpaired) electrons. The highest BCUT2D eigenvalue weighted by Gasteiger charge is 2.08. The lowest BCUT2D eigenvalue weighted by molar-refractivity contribution is 0.470. The molecule has 2 aromatic carbocycles. The molecule has 0 aromatic heterocycles. The molecular weight excluding hydrogens is 302 g/mol. The van der Waals surface area contributed by atoms with Gasteiger partial charge in [-0.1, -0.05) is 34.1 Å². The van der Waals surface area contributed by atoms with Gasteiger partial charge in [-0.3, -0.25) is 0 Å². The number of hydrogen-bond donors (Lipinski definition) is 1. The van der Waals surface area contributed by atoms with Gasteiger partial charge in [0.05, 0.1) is 0 Å². The Kier molecular flexibility index (Phi) is 4.61. The minimum Gasteiger partial charge on any atom is -0.457 e. The quantitative estimate of drug-likeness (QED) is 0.890. The van der Waals surface area contributed by atoms with E-state index in [2.05, 4.69) is 47.2 Å². The Balaban J connectivity index is 2.36. The van der Waals surface area contributed by atoms with Crippen LogP contribution in [0.25, 0.3) is 0 Å². The molecule has 3 heteroatoms. The van der Waals surface area contributed by atoms with Crippen molar-refractivity contribution in [3.05, 3.63) is 57.6 Å². The van der Waals surface area contributed by atoms with Crippen LogP contribution in [0.5, 0.6) is 11.5 Å². The van der Waals surface area contributed by atoms with Gasteiger partial charge < -0.3 is 10.1 Å². The molecule has 0 aliphatic rings. The largest absolute Gasteiger partial charge is 0.457 e. The van der Waals surface area contributed by atoms with Gasteiger partial charge in [-0.05, 0) is 50.2 Å². The number of hydrogen-bond acceptors (Lipinski definition) is 2. The van der Waals surface area contributed by atoms with Gasteiger partial charge in [-0.15, -0.1) is 0 Å². The minimum atomic E-state index is 0.785. The molecule has 1 N–H and O–H groups in total.